The van der Waals surface area contributed by atoms with Crippen LogP contribution in [0.3, 0.4) is 0 Å². The maximum Gasteiger partial charge on any atom is 0.184 e. The van der Waals surface area contributed by atoms with Crippen LogP contribution in [0.4, 0.5) is 0 Å². The van der Waals surface area contributed by atoms with Gasteiger partial charge in [-0.05, 0) is 31.4 Å². The van der Waals surface area contributed by atoms with Crippen LogP contribution in [-0.2, 0) is 9.47 Å². The zero-order chi connectivity index (χ0) is 14.7. The molecule has 0 spiro atoms. The third-order valence-electron chi connectivity index (χ3n) is 1.74. The monoisotopic (exact) mass is 306 g/mol. The van der Waals surface area contributed by atoms with Gasteiger partial charge in [0.1, 0.15) is 11.8 Å². The first-order valence-electron chi connectivity index (χ1n) is 5.29. The largest absolute Gasteiger partial charge is 0.382 e. The van der Waals surface area contributed by atoms with Gasteiger partial charge in [-0.3, -0.25) is 10.9 Å². The standard InChI is InChI=1S/C9H18N6O2S2/c1-6(17-4-3-16-2)7(13-15-9(11)19)5-12-14-8(10)18/h5-6H,3-4H2,1-2H3,(H3,10,14,18)(H3,11,15,19). The molecular weight excluding hydrogens is 288 g/mol. The van der Waals surface area contributed by atoms with Gasteiger partial charge in [0.2, 0.25) is 0 Å². The van der Waals surface area contributed by atoms with Gasteiger partial charge in [0, 0.05) is 7.11 Å². The Morgan fingerprint density at radius 1 is 1.26 bits per heavy atom. The van der Waals surface area contributed by atoms with Crippen molar-refractivity contribution < 1.29 is 9.47 Å². The van der Waals surface area contributed by atoms with Crippen molar-refractivity contribution in [2.24, 2.45) is 21.7 Å². The molecule has 0 amide bonds. The van der Waals surface area contributed by atoms with E-state index in [1.165, 1.54) is 6.21 Å². The number of nitrogens with one attached hydrogen (secondary N) is 2. The van der Waals surface area contributed by atoms with Crippen LogP contribution in [0, 0.1) is 0 Å². The number of nitrogens with two attached hydrogens (primary N) is 2. The fourth-order valence-corrected chi connectivity index (χ4v) is 0.998. The zero-order valence-corrected chi connectivity index (χ0v) is 12.4. The summed E-state index contributed by atoms with van der Waals surface area (Å²) in [5, 5.41) is 7.84. The normalized spacial score (nSPS) is 13.3. The van der Waals surface area contributed by atoms with Crippen LogP contribution in [0.1, 0.15) is 6.92 Å². The lowest BCUT2D eigenvalue weighted by Crippen LogP contribution is -2.32. The van der Waals surface area contributed by atoms with Crippen LogP contribution in [0.5, 0.6) is 0 Å². The van der Waals surface area contributed by atoms with E-state index < -0.39 is 0 Å². The Labute approximate surface area is 122 Å². The molecular formula is C9H18N6O2S2. The van der Waals surface area contributed by atoms with Crippen LogP contribution in [0.15, 0.2) is 10.2 Å². The Kier molecular flexibility index (Phi) is 9.80. The molecule has 6 N–H and O–H groups in total. The van der Waals surface area contributed by atoms with Crippen LogP contribution < -0.4 is 22.3 Å². The molecule has 1 unspecified atom stereocenters. The molecule has 0 radical (unpaired) electrons. The molecule has 0 aliphatic heterocycles. The summed E-state index contributed by atoms with van der Waals surface area (Å²) in [5.74, 6) is 0. The highest BCUT2D eigenvalue weighted by Crippen LogP contribution is 1.93. The van der Waals surface area contributed by atoms with E-state index >= 15 is 0 Å². The summed E-state index contributed by atoms with van der Waals surface area (Å²) in [6, 6.07) is 0. The lowest BCUT2D eigenvalue weighted by atomic mass is 10.2. The first-order chi connectivity index (χ1) is 8.97. The summed E-state index contributed by atoms with van der Waals surface area (Å²) < 4.78 is 10.4. The molecule has 0 saturated heterocycles. The molecule has 0 aliphatic rings. The molecule has 0 heterocycles. The second-order valence-corrected chi connectivity index (χ2v) is 4.13. The molecule has 0 aromatic carbocycles. The topological polar surface area (TPSA) is 119 Å². The molecule has 8 nitrogen and oxygen atoms in total. The Morgan fingerprint density at radius 2 is 1.89 bits per heavy atom. The van der Waals surface area contributed by atoms with Gasteiger partial charge >= 0.3 is 0 Å². The number of thiocarbonyl (C=S) groups is 2. The van der Waals surface area contributed by atoms with Gasteiger partial charge in [-0.2, -0.15) is 10.2 Å². The van der Waals surface area contributed by atoms with Crippen LogP contribution in [0.25, 0.3) is 0 Å². The van der Waals surface area contributed by atoms with Gasteiger partial charge in [-0.15, -0.1) is 0 Å². The van der Waals surface area contributed by atoms with Gasteiger partial charge in [-0.1, -0.05) is 0 Å². The van der Waals surface area contributed by atoms with Crippen molar-refractivity contribution in [3.63, 3.8) is 0 Å². The molecule has 0 aromatic heterocycles. The summed E-state index contributed by atoms with van der Waals surface area (Å²) in [6.07, 6.45) is 1.07. The van der Waals surface area contributed by atoms with Gasteiger partial charge in [-0.25, -0.2) is 0 Å². The minimum atomic E-state index is -0.339. The first-order valence-corrected chi connectivity index (χ1v) is 6.11. The molecule has 10 heteroatoms. The van der Waals surface area contributed by atoms with E-state index in [2.05, 4.69) is 45.5 Å². The average molecular weight is 306 g/mol. The number of hydrazone groups is 2. The highest BCUT2D eigenvalue weighted by Gasteiger charge is 2.09. The van der Waals surface area contributed by atoms with Crippen LogP contribution in [-0.4, -0.2) is 48.6 Å². The van der Waals surface area contributed by atoms with Crippen LogP contribution in [0.2, 0.25) is 0 Å². The lowest BCUT2D eigenvalue weighted by Gasteiger charge is -2.12. The van der Waals surface area contributed by atoms with E-state index in [0.29, 0.717) is 18.9 Å². The summed E-state index contributed by atoms with van der Waals surface area (Å²) >= 11 is 9.27. The van der Waals surface area contributed by atoms with Gasteiger partial charge < -0.3 is 20.9 Å². The predicted molar refractivity (Wildman–Crippen MR) is 83.1 cm³/mol. The summed E-state index contributed by atoms with van der Waals surface area (Å²) in [6.45, 7) is 2.69. The molecule has 1 atom stereocenters. The Morgan fingerprint density at radius 3 is 2.42 bits per heavy atom. The van der Waals surface area contributed by atoms with E-state index in [-0.39, 0.29) is 16.3 Å². The predicted octanol–water partition coefficient (Wildman–Crippen LogP) is -0.954. The minimum Gasteiger partial charge on any atom is -0.382 e. The smallest absolute Gasteiger partial charge is 0.184 e. The van der Waals surface area contributed by atoms with E-state index in [0.717, 1.165) is 0 Å². The second-order valence-electron chi connectivity index (χ2n) is 3.25. The number of methoxy groups -OCH3 is 1. The first kappa shape index (κ1) is 17.6. The van der Waals surface area contributed by atoms with Crippen molar-refractivity contribution in [2.45, 2.75) is 13.0 Å². The van der Waals surface area contributed by atoms with Crippen molar-refractivity contribution in [1.29, 1.82) is 0 Å². The SMILES string of the molecule is COCCOC(C)C(C=NNC(N)=S)=NNC(N)=S. The number of rotatable bonds is 8. The van der Waals surface area contributed by atoms with E-state index in [1.54, 1.807) is 14.0 Å². The van der Waals surface area contributed by atoms with Crippen molar-refractivity contribution >= 4 is 46.6 Å². The average Bonchev–Trinajstić information content (AvgIpc) is 2.32. The second kappa shape index (κ2) is 10.6. The molecule has 0 aromatic rings. The Hall–Kier alpha value is -1.36. The summed E-state index contributed by atoms with van der Waals surface area (Å²) in [4.78, 5) is 0. The zero-order valence-electron chi connectivity index (χ0n) is 10.8. The van der Waals surface area contributed by atoms with Crippen LogP contribution >= 0.6 is 24.4 Å². The summed E-state index contributed by atoms with van der Waals surface area (Å²) in [7, 11) is 1.59. The number of ether oxygens (including phenoxy) is 2. The van der Waals surface area contributed by atoms with Gasteiger partial charge in [0.15, 0.2) is 10.2 Å². The molecule has 0 saturated carbocycles. The van der Waals surface area contributed by atoms with E-state index in [1.807, 2.05) is 0 Å². The molecule has 108 valence electrons. The quantitative estimate of drug-likeness (QED) is 0.196. The minimum absolute atomic E-state index is 0.0392. The highest BCUT2D eigenvalue weighted by molar-refractivity contribution is 7.80. The molecule has 0 aliphatic carbocycles. The maximum atomic E-state index is 5.47. The maximum absolute atomic E-state index is 5.47. The molecule has 19 heavy (non-hydrogen) atoms. The number of hydrogen-bond donors (Lipinski definition) is 4. The third kappa shape index (κ3) is 10.3. The molecule has 0 bridgehead atoms. The van der Waals surface area contributed by atoms with E-state index in [4.69, 9.17) is 20.9 Å². The molecule has 0 rings (SSSR count). The third-order valence-corrected chi connectivity index (χ3v) is 1.92. The fourth-order valence-electron chi connectivity index (χ4n) is 0.900. The summed E-state index contributed by atoms with van der Waals surface area (Å²) in [5.41, 5.74) is 15.9. The van der Waals surface area contributed by atoms with Gasteiger partial charge in [0.25, 0.3) is 0 Å². The molecule has 0 fully saturated rings. The number of hydrogen-bond acceptors (Lipinski definition) is 6. The fraction of sp³-hybridized carbons (Fsp3) is 0.556. The van der Waals surface area contributed by atoms with E-state index in [9.17, 15) is 0 Å². The highest BCUT2D eigenvalue weighted by atomic mass is 32.1. The van der Waals surface area contributed by atoms with Gasteiger partial charge in [0.05, 0.1) is 19.4 Å². The van der Waals surface area contributed by atoms with Crippen molar-refractivity contribution in [1.82, 2.24) is 10.9 Å². The number of nitrogens with zero attached hydrogens (tertiary/aromatic N) is 2. The van der Waals surface area contributed by atoms with Crippen molar-refractivity contribution in [2.75, 3.05) is 20.3 Å². The van der Waals surface area contributed by atoms with Crippen molar-refractivity contribution in [3.05, 3.63) is 0 Å². The Bertz CT molecular complexity index is 361. The Balaban J connectivity index is 4.55. The lowest BCUT2D eigenvalue weighted by molar-refractivity contribution is 0.0559. The van der Waals surface area contributed by atoms with Crippen molar-refractivity contribution in [3.8, 4) is 0 Å².